The minimum Gasteiger partial charge on any atom is -0.353 e. The van der Waals surface area contributed by atoms with E-state index in [0.717, 1.165) is 23.0 Å². The van der Waals surface area contributed by atoms with Gasteiger partial charge in [0.2, 0.25) is 0 Å². The van der Waals surface area contributed by atoms with Crippen LogP contribution in [-0.2, 0) is 0 Å². The van der Waals surface area contributed by atoms with Crippen LogP contribution in [-0.4, -0.2) is 61.3 Å². The summed E-state index contributed by atoms with van der Waals surface area (Å²) in [4.78, 5) is 35.2. The van der Waals surface area contributed by atoms with E-state index in [9.17, 15) is 4.79 Å². The number of rotatable bonds is 4. The Balaban J connectivity index is 1.30. The van der Waals surface area contributed by atoms with E-state index < -0.39 is 0 Å². The lowest BCUT2D eigenvalue weighted by Crippen LogP contribution is -2.49. The maximum Gasteiger partial charge on any atom is 0.272 e. The van der Waals surface area contributed by atoms with Crippen molar-refractivity contribution in [3.8, 4) is 0 Å². The molecule has 0 radical (unpaired) electrons. The second-order valence-corrected chi connectivity index (χ2v) is 7.75. The van der Waals surface area contributed by atoms with Gasteiger partial charge in [-0.25, -0.2) is 19.9 Å². The van der Waals surface area contributed by atoms with Gasteiger partial charge in [-0.15, -0.1) is 0 Å². The molecule has 9 nitrogen and oxygen atoms in total. The third-order valence-corrected chi connectivity index (χ3v) is 5.54. The topological polar surface area (TPSA) is 91.5 Å². The number of nitrogens with one attached hydrogen (secondary N) is 1. The molecular weight excluding hydrogens is 404 g/mol. The van der Waals surface area contributed by atoms with Crippen molar-refractivity contribution in [2.45, 2.75) is 13.8 Å². The van der Waals surface area contributed by atoms with Crippen LogP contribution < -0.4 is 10.2 Å². The standard InChI is InChI=1S/C23H24N8O/c1-16-22(31-10-6-4-8-20(31)25-16)23(32)30-13-11-29(12-14-30)21-15-19(26-17(2)27-21)28-18-7-3-5-9-24-18/h3-10,15H,11-14H2,1-2H3,(H,24,26,27,28). The van der Waals surface area contributed by atoms with Crippen LogP contribution in [0.15, 0.2) is 54.9 Å². The first-order chi connectivity index (χ1) is 15.6. The molecule has 1 fully saturated rings. The Bertz CT molecular complexity index is 1260. The molecule has 4 aromatic rings. The van der Waals surface area contributed by atoms with E-state index in [2.05, 4.69) is 30.2 Å². The number of aromatic nitrogens is 5. The molecule has 0 aliphatic carbocycles. The molecule has 1 aliphatic heterocycles. The number of piperazine rings is 1. The average Bonchev–Trinajstić information content (AvgIpc) is 3.14. The van der Waals surface area contributed by atoms with Crippen LogP contribution in [0, 0.1) is 13.8 Å². The largest absolute Gasteiger partial charge is 0.353 e. The number of imidazole rings is 1. The number of aryl methyl sites for hydroxylation is 2. The molecule has 0 unspecified atom stereocenters. The zero-order valence-corrected chi connectivity index (χ0v) is 18.1. The average molecular weight is 429 g/mol. The molecule has 1 amide bonds. The van der Waals surface area contributed by atoms with Crippen molar-refractivity contribution in [2.24, 2.45) is 0 Å². The maximum atomic E-state index is 13.3. The van der Waals surface area contributed by atoms with Gasteiger partial charge < -0.3 is 15.1 Å². The molecule has 32 heavy (non-hydrogen) atoms. The van der Waals surface area contributed by atoms with E-state index in [0.29, 0.717) is 43.5 Å². The molecule has 5 rings (SSSR count). The zero-order chi connectivity index (χ0) is 22.1. The van der Waals surface area contributed by atoms with Crippen molar-refractivity contribution in [3.05, 3.63) is 72.1 Å². The van der Waals surface area contributed by atoms with Gasteiger partial charge in [0.1, 0.15) is 34.6 Å². The van der Waals surface area contributed by atoms with Gasteiger partial charge in [0.15, 0.2) is 0 Å². The Kier molecular flexibility index (Phi) is 5.14. The first-order valence-corrected chi connectivity index (χ1v) is 10.6. The van der Waals surface area contributed by atoms with Crippen molar-refractivity contribution < 1.29 is 4.79 Å². The minimum absolute atomic E-state index is 0.0113. The van der Waals surface area contributed by atoms with Crippen molar-refractivity contribution >= 4 is 29.0 Å². The van der Waals surface area contributed by atoms with Gasteiger partial charge in [-0.3, -0.25) is 9.20 Å². The molecule has 9 heteroatoms. The minimum atomic E-state index is 0.0113. The molecular formula is C23H24N8O. The molecule has 162 valence electrons. The fourth-order valence-electron chi connectivity index (χ4n) is 4.01. The SMILES string of the molecule is Cc1nc(Nc2ccccn2)cc(N2CCN(C(=O)c3c(C)nc4ccccn34)CC2)n1. The van der Waals surface area contributed by atoms with Crippen LogP contribution in [0.5, 0.6) is 0 Å². The van der Waals surface area contributed by atoms with Gasteiger partial charge >= 0.3 is 0 Å². The smallest absolute Gasteiger partial charge is 0.272 e. The van der Waals surface area contributed by atoms with E-state index in [1.165, 1.54) is 0 Å². The number of pyridine rings is 2. The molecule has 5 heterocycles. The number of carbonyl (C=O) groups excluding carboxylic acids is 1. The predicted molar refractivity (Wildman–Crippen MR) is 122 cm³/mol. The highest BCUT2D eigenvalue weighted by atomic mass is 16.2. The first kappa shape index (κ1) is 19.9. The summed E-state index contributed by atoms with van der Waals surface area (Å²) in [7, 11) is 0. The molecule has 1 aliphatic rings. The maximum absolute atomic E-state index is 13.3. The molecule has 0 spiro atoms. The van der Waals surface area contributed by atoms with Gasteiger partial charge in [-0.05, 0) is 38.1 Å². The molecule has 1 saturated heterocycles. The van der Waals surface area contributed by atoms with Gasteiger partial charge in [0.25, 0.3) is 5.91 Å². The summed E-state index contributed by atoms with van der Waals surface area (Å²) in [5.41, 5.74) is 2.17. The lowest BCUT2D eigenvalue weighted by molar-refractivity contribution is 0.0738. The van der Waals surface area contributed by atoms with Crippen molar-refractivity contribution in [3.63, 3.8) is 0 Å². The third-order valence-electron chi connectivity index (χ3n) is 5.54. The second-order valence-electron chi connectivity index (χ2n) is 7.75. The summed E-state index contributed by atoms with van der Waals surface area (Å²) in [5, 5.41) is 3.23. The fourth-order valence-corrected chi connectivity index (χ4v) is 4.01. The van der Waals surface area contributed by atoms with Crippen LogP contribution >= 0.6 is 0 Å². The number of hydrogen-bond acceptors (Lipinski definition) is 7. The quantitative estimate of drug-likeness (QED) is 0.534. The van der Waals surface area contributed by atoms with Gasteiger partial charge in [0.05, 0.1) is 5.69 Å². The molecule has 0 aromatic carbocycles. The summed E-state index contributed by atoms with van der Waals surface area (Å²) >= 11 is 0. The molecule has 0 atom stereocenters. The Morgan fingerprint density at radius 1 is 0.938 bits per heavy atom. The van der Waals surface area contributed by atoms with Crippen LogP contribution in [0.25, 0.3) is 5.65 Å². The van der Waals surface area contributed by atoms with E-state index in [1.54, 1.807) is 6.20 Å². The van der Waals surface area contributed by atoms with E-state index in [-0.39, 0.29) is 5.91 Å². The Morgan fingerprint density at radius 2 is 1.75 bits per heavy atom. The zero-order valence-electron chi connectivity index (χ0n) is 18.1. The van der Waals surface area contributed by atoms with Crippen LogP contribution in [0.1, 0.15) is 22.0 Å². The summed E-state index contributed by atoms with van der Waals surface area (Å²) in [5.74, 6) is 2.97. The highest BCUT2D eigenvalue weighted by Gasteiger charge is 2.27. The summed E-state index contributed by atoms with van der Waals surface area (Å²) in [6, 6.07) is 13.4. The summed E-state index contributed by atoms with van der Waals surface area (Å²) < 4.78 is 1.87. The van der Waals surface area contributed by atoms with Gasteiger partial charge in [-0.1, -0.05) is 12.1 Å². The fraction of sp³-hybridized carbons (Fsp3) is 0.261. The number of nitrogens with zero attached hydrogens (tertiary/aromatic N) is 7. The molecule has 0 bridgehead atoms. The predicted octanol–water partition coefficient (Wildman–Crippen LogP) is 2.84. The second kappa shape index (κ2) is 8.26. The van der Waals surface area contributed by atoms with E-state index in [4.69, 9.17) is 0 Å². The van der Waals surface area contributed by atoms with Crippen LogP contribution in [0.4, 0.5) is 17.5 Å². The van der Waals surface area contributed by atoms with E-state index >= 15 is 0 Å². The highest BCUT2D eigenvalue weighted by molar-refractivity contribution is 5.94. The summed E-state index contributed by atoms with van der Waals surface area (Å²) in [6.45, 7) is 6.38. The Morgan fingerprint density at radius 3 is 2.53 bits per heavy atom. The number of hydrogen-bond donors (Lipinski definition) is 1. The lowest BCUT2D eigenvalue weighted by atomic mass is 10.2. The lowest BCUT2D eigenvalue weighted by Gasteiger charge is -2.35. The summed E-state index contributed by atoms with van der Waals surface area (Å²) in [6.07, 6.45) is 3.62. The number of fused-ring (bicyclic) bond motifs is 1. The van der Waals surface area contributed by atoms with Gasteiger partial charge in [0, 0.05) is 44.6 Å². The Labute approximate surface area is 185 Å². The van der Waals surface area contributed by atoms with Crippen molar-refractivity contribution in [1.29, 1.82) is 0 Å². The molecule has 4 aromatic heterocycles. The van der Waals surface area contributed by atoms with Crippen molar-refractivity contribution in [2.75, 3.05) is 36.4 Å². The van der Waals surface area contributed by atoms with Crippen LogP contribution in [0.3, 0.4) is 0 Å². The molecule has 0 saturated carbocycles. The number of amides is 1. The third kappa shape index (κ3) is 3.84. The molecule has 1 N–H and O–H groups in total. The van der Waals surface area contributed by atoms with E-state index in [1.807, 2.05) is 71.8 Å². The van der Waals surface area contributed by atoms with Crippen LogP contribution in [0.2, 0.25) is 0 Å². The van der Waals surface area contributed by atoms with Crippen molar-refractivity contribution in [1.82, 2.24) is 29.2 Å². The number of anilines is 3. The normalized spacial score (nSPS) is 14.1. The first-order valence-electron chi connectivity index (χ1n) is 10.6. The monoisotopic (exact) mass is 428 g/mol. The Hall–Kier alpha value is -4.01. The van der Waals surface area contributed by atoms with Gasteiger partial charge in [-0.2, -0.15) is 0 Å². The highest BCUT2D eigenvalue weighted by Crippen LogP contribution is 2.21. The number of carbonyl (C=O) groups is 1.